The molecule has 2 atom stereocenters. The van der Waals surface area contributed by atoms with E-state index in [0.717, 1.165) is 5.92 Å². The zero-order valence-corrected chi connectivity index (χ0v) is 22.3. The summed E-state index contributed by atoms with van der Waals surface area (Å²) in [6, 6.07) is 0. The zero-order chi connectivity index (χ0) is 18.8. The molecule has 0 aromatic heterocycles. The number of unbranched alkanes of at least 4 members (excludes halogenated alkanes) is 10. The average molecular weight is 499 g/mol. The second-order valence-corrected chi connectivity index (χ2v) is 9.69. The van der Waals surface area contributed by atoms with Crippen LogP contribution in [0.4, 0.5) is 0 Å². The average Bonchev–Trinajstić information content (AvgIpc) is 2.62. The SMILES string of the molecule is CCCCCCCCCCC(CCCC)C(P)(CCCC)CCCC.I. The van der Waals surface area contributed by atoms with Crippen molar-refractivity contribution in [2.24, 2.45) is 5.92 Å². The molecule has 0 spiro atoms. The Labute approximate surface area is 187 Å². The predicted octanol–water partition coefficient (Wildman–Crippen LogP) is 9.94. The quantitative estimate of drug-likeness (QED) is 0.0944. The maximum atomic E-state index is 3.38. The van der Waals surface area contributed by atoms with Crippen molar-refractivity contribution in [2.75, 3.05) is 0 Å². The van der Waals surface area contributed by atoms with Gasteiger partial charge in [-0.1, -0.05) is 118 Å². The van der Waals surface area contributed by atoms with Gasteiger partial charge in [-0.25, -0.2) is 0 Å². The first-order valence-corrected chi connectivity index (χ1v) is 12.5. The van der Waals surface area contributed by atoms with E-state index in [-0.39, 0.29) is 24.0 Å². The van der Waals surface area contributed by atoms with Gasteiger partial charge in [0, 0.05) is 0 Å². The van der Waals surface area contributed by atoms with Gasteiger partial charge in [0.15, 0.2) is 0 Å². The van der Waals surface area contributed by atoms with Gasteiger partial charge < -0.3 is 0 Å². The molecule has 2 unspecified atom stereocenters. The predicted molar refractivity (Wildman–Crippen MR) is 137 cm³/mol. The summed E-state index contributed by atoms with van der Waals surface area (Å²) in [6.07, 6.45) is 25.7. The molecule has 160 valence electrons. The largest absolute Gasteiger partial charge is 0.131 e. The summed E-state index contributed by atoms with van der Waals surface area (Å²) in [5.41, 5.74) is 0. The highest BCUT2D eigenvalue weighted by atomic mass is 127. The molecule has 0 aliphatic heterocycles. The molecule has 0 bridgehead atoms. The van der Waals surface area contributed by atoms with Gasteiger partial charge >= 0.3 is 0 Å². The molecule has 0 aromatic rings. The van der Waals surface area contributed by atoms with Crippen LogP contribution in [0.1, 0.15) is 143 Å². The lowest BCUT2D eigenvalue weighted by Crippen LogP contribution is -2.32. The lowest BCUT2D eigenvalue weighted by atomic mass is 9.77. The molecule has 26 heavy (non-hydrogen) atoms. The van der Waals surface area contributed by atoms with Crippen LogP contribution in [0.15, 0.2) is 0 Å². The van der Waals surface area contributed by atoms with E-state index in [1.54, 1.807) is 0 Å². The highest BCUT2D eigenvalue weighted by Crippen LogP contribution is 2.43. The summed E-state index contributed by atoms with van der Waals surface area (Å²) in [5, 5.41) is 0.530. The number of hydrogen-bond acceptors (Lipinski definition) is 0. The summed E-state index contributed by atoms with van der Waals surface area (Å²) in [5.74, 6) is 0.940. The highest BCUT2D eigenvalue weighted by Gasteiger charge is 2.32. The van der Waals surface area contributed by atoms with Gasteiger partial charge in [0.1, 0.15) is 0 Å². The van der Waals surface area contributed by atoms with Crippen LogP contribution in [0.5, 0.6) is 0 Å². The van der Waals surface area contributed by atoms with Crippen LogP contribution < -0.4 is 0 Å². The Kier molecular flexibility index (Phi) is 23.6. The first-order chi connectivity index (χ1) is 12.1. The third-order valence-corrected chi connectivity index (χ3v) is 7.17. The summed E-state index contributed by atoms with van der Waals surface area (Å²) in [6.45, 7) is 9.37. The summed E-state index contributed by atoms with van der Waals surface area (Å²) >= 11 is 0. The molecule has 0 fully saturated rings. The molecule has 0 amide bonds. The van der Waals surface area contributed by atoms with Gasteiger partial charge in [-0.15, -0.1) is 33.2 Å². The topological polar surface area (TPSA) is 0 Å². The van der Waals surface area contributed by atoms with Gasteiger partial charge in [0.2, 0.25) is 0 Å². The van der Waals surface area contributed by atoms with E-state index in [2.05, 4.69) is 36.9 Å². The number of hydrogen-bond donors (Lipinski definition) is 0. The molecule has 0 rings (SSSR count). The third kappa shape index (κ3) is 15.1. The second-order valence-electron chi connectivity index (χ2n) is 8.54. The Hall–Kier alpha value is 1.16. The van der Waals surface area contributed by atoms with Crippen molar-refractivity contribution in [3.63, 3.8) is 0 Å². The minimum Gasteiger partial charge on any atom is -0.131 e. The first-order valence-electron chi connectivity index (χ1n) is 11.9. The zero-order valence-electron chi connectivity index (χ0n) is 18.8. The van der Waals surface area contributed by atoms with E-state index < -0.39 is 0 Å². The monoisotopic (exact) mass is 498 g/mol. The molecule has 0 radical (unpaired) electrons. The van der Waals surface area contributed by atoms with Crippen LogP contribution in [0.3, 0.4) is 0 Å². The fraction of sp³-hybridized carbons (Fsp3) is 1.00. The van der Waals surface area contributed by atoms with E-state index in [0.29, 0.717) is 5.16 Å². The number of halogens is 1. The Balaban J connectivity index is 0. The van der Waals surface area contributed by atoms with Crippen molar-refractivity contribution in [1.29, 1.82) is 0 Å². The van der Waals surface area contributed by atoms with Gasteiger partial charge in [-0.2, -0.15) is 0 Å². The summed E-state index contributed by atoms with van der Waals surface area (Å²) in [4.78, 5) is 0. The normalized spacial score (nSPS) is 12.8. The van der Waals surface area contributed by atoms with Crippen molar-refractivity contribution >= 4 is 33.2 Å². The Morgan fingerprint density at radius 3 is 1.38 bits per heavy atom. The molecular formula is C24H52IP. The van der Waals surface area contributed by atoms with Crippen LogP contribution in [0.25, 0.3) is 0 Å². The summed E-state index contributed by atoms with van der Waals surface area (Å²) < 4.78 is 0. The van der Waals surface area contributed by atoms with E-state index in [1.165, 1.54) is 116 Å². The van der Waals surface area contributed by atoms with Crippen LogP contribution in [0, 0.1) is 5.92 Å². The van der Waals surface area contributed by atoms with E-state index in [1.807, 2.05) is 0 Å². The Morgan fingerprint density at radius 2 is 0.923 bits per heavy atom. The standard InChI is InChI=1S/C24H51P.HI/c1-5-9-13-14-15-16-17-18-20-23(19-10-6-2)24(25,21-11-7-3)22-12-8-4;/h23H,5-22,25H2,1-4H3;1H. The number of rotatable bonds is 19. The molecule has 2 heteroatoms. The lowest BCUT2D eigenvalue weighted by Gasteiger charge is -2.39. The molecule has 0 aliphatic rings. The lowest BCUT2D eigenvalue weighted by molar-refractivity contribution is 0.274. The maximum Gasteiger partial charge on any atom is -0.0122 e. The summed E-state index contributed by atoms with van der Waals surface area (Å²) in [7, 11) is 3.38. The molecule has 0 aromatic carbocycles. The van der Waals surface area contributed by atoms with Gasteiger partial charge in [-0.05, 0) is 36.8 Å². The van der Waals surface area contributed by atoms with Crippen molar-refractivity contribution in [3.05, 3.63) is 0 Å². The smallest absolute Gasteiger partial charge is 0.0122 e. The molecule has 0 heterocycles. The Morgan fingerprint density at radius 1 is 0.538 bits per heavy atom. The van der Waals surface area contributed by atoms with Crippen LogP contribution in [0.2, 0.25) is 0 Å². The van der Waals surface area contributed by atoms with Crippen molar-refractivity contribution < 1.29 is 0 Å². The van der Waals surface area contributed by atoms with E-state index in [4.69, 9.17) is 0 Å². The van der Waals surface area contributed by atoms with Crippen LogP contribution >= 0.6 is 33.2 Å². The van der Waals surface area contributed by atoms with Gasteiger partial charge in [0.05, 0.1) is 0 Å². The van der Waals surface area contributed by atoms with Crippen molar-refractivity contribution in [3.8, 4) is 0 Å². The van der Waals surface area contributed by atoms with Crippen molar-refractivity contribution in [1.82, 2.24) is 0 Å². The van der Waals surface area contributed by atoms with Gasteiger partial charge in [0.25, 0.3) is 0 Å². The highest BCUT2D eigenvalue weighted by molar-refractivity contribution is 14.0. The molecule has 0 N–H and O–H groups in total. The second kappa shape index (κ2) is 20.9. The fourth-order valence-corrected chi connectivity index (χ4v) is 4.98. The molecular weight excluding hydrogens is 446 g/mol. The van der Waals surface area contributed by atoms with E-state index >= 15 is 0 Å². The fourth-order valence-electron chi connectivity index (χ4n) is 4.24. The first kappa shape index (κ1) is 29.4. The molecule has 0 nitrogen and oxygen atoms in total. The Bertz CT molecular complexity index is 259. The van der Waals surface area contributed by atoms with E-state index in [9.17, 15) is 0 Å². The van der Waals surface area contributed by atoms with Gasteiger partial charge in [-0.3, -0.25) is 0 Å². The van der Waals surface area contributed by atoms with Crippen LogP contribution in [-0.4, -0.2) is 5.16 Å². The minimum atomic E-state index is 0. The minimum absolute atomic E-state index is 0. The molecule has 0 saturated carbocycles. The van der Waals surface area contributed by atoms with Crippen LogP contribution in [-0.2, 0) is 0 Å². The third-order valence-electron chi connectivity index (χ3n) is 6.12. The maximum absolute atomic E-state index is 3.38. The molecule has 0 saturated heterocycles. The van der Waals surface area contributed by atoms with Crippen molar-refractivity contribution in [2.45, 2.75) is 148 Å². The molecule has 0 aliphatic carbocycles.